The van der Waals surface area contributed by atoms with E-state index in [4.69, 9.17) is 0 Å². The van der Waals surface area contributed by atoms with Gasteiger partial charge in [-0.25, -0.2) is 0 Å². The van der Waals surface area contributed by atoms with Crippen molar-refractivity contribution in [1.82, 2.24) is 15.1 Å². The molecule has 1 aromatic heterocycles. The van der Waals surface area contributed by atoms with Crippen LogP contribution in [-0.4, -0.2) is 61.0 Å². The molecule has 1 aromatic rings. The maximum Gasteiger partial charge on any atom is 0.264 e. The van der Waals surface area contributed by atoms with Gasteiger partial charge in [0.1, 0.15) is 0 Å². The van der Waals surface area contributed by atoms with Crippen LogP contribution >= 0.6 is 11.3 Å². The van der Waals surface area contributed by atoms with Gasteiger partial charge in [-0.2, -0.15) is 0 Å². The summed E-state index contributed by atoms with van der Waals surface area (Å²) in [7, 11) is 0. The number of likely N-dealkylation sites (tertiary alicyclic amines) is 1. The molecule has 1 amide bonds. The molecule has 5 heteroatoms. The summed E-state index contributed by atoms with van der Waals surface area (Å²) in [6, 6.07) is 2.59. The van der Waals surface area contributed by atoms with Crippen LogP contribution in [0.4, 0.5) is 0 Å². The van der Waals surface area contributed by atoms with Gasteiger partial charge in [-0.05, 0) is 30.4 Å². The molecule has 3 rings (SSSR count). The molecule has 0 saturated carbocycles. The molecule has 1 atom stereocenters. The third-order valence-corrected chi connectivity index (χ3v) is 5.18. The van der Waals surface area contributed by atoms with Gasteiger partial charge in [0, 0.05) is 45.3 Å². The zero-order valence-electron chi connectivity index (χ0n) is 11.4. The van der Waals surface area contributed by atoms with Crippen LogP contribution in [-0.2, 0) is 0 Å². The van der Waals surface area contributed by atoms with E-state index in [1.165, 1.54) is 0 Å². The first-order valence-corrected chi connectivity index (χ1v) is 7.92. The molecule has 2 aliphatic rings. The molecule has 0 aliphatic carbocycles. The predicted octanol–water partition coefficient (Wildman–Crippen LogP) is 1.18. The van der Waals surface area contributed by atoms with Crippen molar-refractivity contribution >= 4 is 17.2 Å². The van der Waals surface area contributed by atoms with Crippen molar-refractivity contribution in [1.29, 1.82) is 0 Å². The molecule has 0 aromatic carbocycles. The summed E-state index contributed by atoms with van der Waals surface area (Å²) in [6.45, 7) is 8.22. The summed E-state index contributed by atoms with van der Waals surface area (Å²) >= 11 is 1.57. The van der Waals surface area contributed by atoms with E-state index in [9.17, 15) is 4.79 Å². The van der Waals surface area contributed by atoms with Crippen molar-refractivity contribution in [2.75, 3.05) is 39.3 Å². The largest absolute Gasteiger partial charge is 0.336 e. The van der Waals surface area contributed by atoms with Crippen LogP contribution in [0.25, 0.3) is 0 Å². The van der Waals surface area contributed by atoms with Crippen molar-refractivity contribution < 1.29 is 4.79 Å². The Morgan fingerprint density at radius 2 is 2.16 bits per heavy atom. The summed E-state index contributed by atoms with van der Waals surface area (Å²) in [5.74, 6) is 0.227. The number of thiophene rings is 1. The van der Waals surface area contributed by atoms with Crippen LogP contribution in [0, 0.1) is 6.92 Å². The highest BCUT2D eigenvalue weighted by atomic mass is 32.1. The second-order valence-corrected chi connectivity index (χ2v) is 6.33. The Labute approximate surface area is 118 Å². The minimum Gasteiger partial charge on any atom is -0.336 e. The molecule has 2 saturated heterocycles. The van der Waals surface area contributed by atoms with E-state index in [0.29, 0.717) is 6.04 Å². The van der Waals surface area contributed by atoms with Crippen molar-refractivity contribution in [3.8, 4) is 0 Å². The normalized spacial score (nSPS) is 24.9. The molecule has 0 bridgehead atoms. The number of rotatable bonds is 2. The smallest absolute Gasteiger partial charge is 0.264 e. The lowest BCUT2D eigenvalue weighted by atomic mass is 10.2. The van der Waals surface area contributed by atoms with Gasteiger partial charge in [-0.1, -0.05) is 0 Å². The van der Waals surface area contributed by atoms with Crippen LogP contribution in [0.1, 0.15) is 21.7 Å². The average Bonchev–Trinajstić information content (AvgIpc) is 3.08. The summed E-state index contributed by atoms with van der Waals surface area (Å²) in [5, 5.41) is 5.39. The Balaban J connectivity index is 1.62. The molecule has 0 spiro atoms. The van der Waals surface area contributed by atoms with Crippen molar-refractivity contribution in [3.63, 3.8) is 0 Å². The standard InChI is InChI=1S/C14H21N3OS/c1-11-3-9-19-13(11)14(18)17-6-2-12(10-17)16-7-4-15-5-8-16/h3,9,12,15H,2,4-8,10H2,1H3. The number of nitrogens with zero attached hydrogens (tertiary/aromatic N) is 2. The number of amides is 1. The van der Waals surface area contributed by atoms with Crippen LogP contribution in [0.5, 0.6) is 0 Å². The molecular weight excluding hydrogens is 258 g/mol. The van der Waals surface area contributed by atoms with Crippen LogP contribution in [0.15, 0.2) is 11.4 Å². The maximum atomic E-state index is 12.5. The first-order chi connectivity index (χ1) is 9.25. The molecule has 1 unspecified atom stereocenters. The molecule has 0 radical (unpaired) electrons. The monoisotopic (exact) mass is 279 g/mol. The number of nitrogens with one attached hydrogen (secondary N) is 1. The van der Waals surface area contributed by atoms with Gasteiger partial charge in [-0.3, -0.25) is 9.69 Å². The van der Waals surface area contributed by atoms with Crippen LogP contribution in [0.3, 0.4) is 0 Å². The van der Waals surface area contributed by atoms with Gasteiger partial charge in [0.25, 0.3) is 5.91 Å². The van der Waals surface area contributed by atoms with Gasteiger partial charge in [0.05, 0.1) is 4.88 Å². The van der Waals surface area contributed by atoms with Crippen molar-refractivity contribution in [2.24, 2.45) is 0 Å². The van der Waals surface area contributed by atoms with Gasteiger partial charge >= 0.3 is 0 Å². The van der Waals surface area contributed by atoms with Crippen molar-refractivity contribution in [3.05, 3.63) is 21.9 Å². The highest BCUT2D eigenvalue weighted by molar-refractivity contribution is 7.12. The zero-order valence-corrected chi connectivity index (χ0v) is 12.2. The molecule has 104 valence electrons. The first kappa shape index (κ1) is 13.1. The third-order valence-electron chi connectivity index (χ3n) is 4.17. The Bertz CT molecular complexity index is 453. The molecule has 2 aliphatic heterocycles. The molecule has 19 heavy (non-hydrogen) atoms. The Hall–Kier alpha value is -0.910. The predicted molar refractivity (Wildman–Crippen MR) is 77.8 cm³/mol. The fourth-order valence-corrected chi connectivity index (χ4v) is 3.90. The molecule has 4 nitrogen and oxygen atoms in total. The van der Waals surface area contributed by atoms with E-state index in [2.05, 4.69) is 10.2 Å². The minimum atomic E-state index is 0.227. The van der Waals surface area contributed by atoms with Gasteiger partial charge in [0.2, 0.25) is 0 Å². The number of hydrogen-bond acceptors (Lipinski definition) is 4. The van der Waals surface area contributed by atoms with E-state index in [1.807, 2.05) is 23.3 Å². The second-order valence-electron chi connectivity index (χ2n) is 5.41. The van der Waals surface area contributed by atoms with Crippen molar-refractivity contribution in [2.45, 2.75) is 19.4 Å². The molecule has 1 N–H and O–H groups in total. The first-order valence-electron chi connectivity index (χ1n) is 7.04. The van der Waals surface area contributed by atoms with Gasteiger partial charge in [0.15, 0.2) is 0 Å². The van der Waals surface area contributed by atoms with Crippen LogP contribution < -0.4 is 5.32 Å². The number of piperazine rings is 1. The number of hydrogen-bond donors (Lipinski definition) is 1. The second kappa shape index (κ2) is 5.61. The molecule has 2 fully saturated rings. The van der Waals surface area contributed by atoms with E-state index >= 15 is 0 Å². The fourth-order valence-electron chi connectivity index (χ4n) is 3.01. The third kappa shape index (κ3) is 2.68. The number of carbonyl (C=O) groups is 1. The van der Waals surface area contributed by atoms with E-state index < -0.39 is 0 Å². The summed E-state index contributed by atoms with van der Waals surface area (Å²) in [6.07, 6.45) is 1.12. The number of carbonyl (C=O) groups excluding carboxylic acids is 1. The topological polar surface area (TPSA) is 35.6 Å². The van der Waals surface area contributed by atoms with Gasteiger partial charge in [-0.15, -0.1) is 11.3 Å². The quantitative estimate of drug-likeness (QED) is 0.883. The summed E-state index contributed by atoms with van der Waals surface area (Å²) < 4.78 is 0. The van der Waals surface area contributed by atoms with E-state index in [1.54, 1.807) is 11.3 Å². The lowest BCUT2D eigenvalue weighted by molar-refractivity contribution is 0.0777. The van der Waals surface area contributed by atoms with E-state index in [0.717, 1.165) is 56.1 Å². The lowest BCUT2D eigenvalue weighted by Crippen LogP contribution is -2.49. The summed E-state index contributed by atoms with van der Waals surface area (Å²) in [4.78, 5) is 17.9. The lowest BCUT2D eigenvalue weighted by Gasteiger charge is -2.32. The molecular formula is C14H21N3OS. The highest BCUT2D eigenvalue weighted by Crippen LogP contribution is 2.22. The Morgan fingerprint density at radius 3 is 2.84 bits per heavy atom. The maximum absolute atomic E-state index is 12.5. The zero-order chi connectivity index (χ0) is 13.2. The summed E-state index contributed by atoms with van der Waals surface area (Å²) in [5.41, 5.74) is 1.11. The van der Waals surface area contributed by atoms with Crippen LogP contribution in [0.2, 0.25) is 0 Å². The SMILES string of the molecule is Cc1ccsc1C(=O)N1CCC(N2CCNCC2)C1. The van der Waals surface area contributed by atoms with Gasteiger partial charge < -0.3 is 10.2 Å². The minimum absolute atomic E-state index is 0.227. The Morgan fingerprint density at radius 1 is 1.37 bits per heavy atom. The fraction of sp³-hybridized carbons (Fsp3) is 0.643. The average molecular weight is 279 g/mol. The highest BCUT2D eigenvalue weighted by Gasteiger charge is 2.31. The Kier molecular flexibility index (Phi) is 3.86. The molecule has 3 heterocycles. The van der Waals surface area contributed by atoms with E-state index in [-0.39, 0.29) is 5.91 Å². The number of aryl methyl sites for hydroxylation is 1.